The van der Waals surface area contributed by atoms with Crippen molar-refractivity contribution >= 4 is 0 Å². The van der Waals surface area contributed by atoms with Gasteiger partial charge in [0.1, 0.15) is 0 Å². The van der Waals surface area contributed by atoms with Gasteiger partial charge in [-0.05, 0) is 69.4 Å². The lowest BCUT2D eigenvalue weighted by Gasteiger charge is -2.45. The normalized spacial score (nSPS) is 26.4. The van der Waals surface area contributed by atoms with E-state index >= 15 is 0 Å². The number of likely N-dealkylation sites (tertiary alicyclic amines) is 1. The van der Waals surface area contributed by atoms with Crippen LogP contribution in [0.15, 0.2) is 0 Å². The Morgan fingerprint density at radius 2 is 1.77 bits per heavy atom. The summed E-state index contributed by atoms with van der Waals surface area (Å²) < 4.78 is 0. The zero-order chi connectivity index (χ0) is 15.8. The van der Waals surface area contributed by atoms with E-state index in [0.717, 1.165) is 24.8 Å². The number of nitriles is 1. The number of nitrogens with zero attached hydrogens (tertiary/aromatic N) is 2. The zero-order valence-electron chi connectivity index (χ0n) is 14.9. The first-order valence-corrected chi connectivity index (χ1v) is 9.73. The molecule has 1 saturated heterocycles. The number of piperidine rings is 1. The van der Waals surface area contributed by atoms with E-state index in [2.05, 4.69) is 24.8 Å². The minimum absolute atomic E-state index is 0.467. The fraction of sp³-hybridized carbons (Fsp3) is 0.950. The van der Waals surface area contributed by atoms with Crippen LogP contribution < -0.4 is 0 Å². The van der Waals surface area contributed by atoms with Crippen molar-refractivity contribution in [2.45, 2.75) is 96.9 Å². The second-order valence-corrected chi connectivity index (χ2v) is 8.42. The highest BCUT2D eigenvalue weighted by Crippen LogP contribution is 2.36. The largest absolute Gasteiger partial charge is 0.300 e. The van der Waals surface area contributed by atoms with E-state index in [1.807, 2.05) is 0 Å². The molecule has 0 amide bonds. The minimum Gasteiger partial charge on any atom is -0.300 e. The van der Waals surface area contributed by atoms with Gasteiger partial charge in [-0.25, -0.2) is 0 Å². The Morgan fingerprint density at radius 1 is 1.00 bits per heavy atom. The summed E-state index contributed by atoms with van der Waals surface area (Å²) in [4.78, 5) is 2.84. The van der Waals surface area contributed by atoms with E-state index in [1.165, 1.54) is 77.3 Å². The third-order valence-corrected chi connectivity index (χ3v) is 6.08. The van der Waals surface area contributed by atoms with Crippen molar-refractivity contribution in [3.8, 4) is 6.07 Å². The van der Waals surface area contributed by atoms with Gasteiger partial charge in [-0.15, -0.1) is 0 Å². The maximum Gasteiger partial charge on any atom is 0.0621 e. The molecule has 2 rings (SSSR count). The van der Waals surface area contributed by atoms with Gasteiger partial charge in [0.05, 0.1) is 6.07 Å². The molecule has 0 aromatic carbocycles. The Hall–Kier alpha value is -0.550. The first-order valence-electron chi connectivity index (χ1n) is 9.73. The summed E-state index contributed by atoms with van der Waals surface area (Å²) >= 11 is 0. The van der Waals surface area contributed by atoms with Crippen molar-refractivity contribution in [3.63, 3.8) is 0 Å². The van der Waals surface area contributed by atoms with E-state index in [0.29, 0.717) is 5.41 Å². The molecule has 2 nitrogen and oxygen atoms in total. The standard InChI is InChI=1S/C20H36N2/c1-20(2,13-7-3-4-8-15-21)14-17-22-16-9-11-18-10-5-6-12-19(18)22/h18-19H,3-14,16-17H2,1-2H3. The molecule has 126 valence electrons. The Bertz CT molecular complexity index is 353. The van der Waals surface area contributed by atoms with Crippen molar-refractivity contribution < 1.29 is 0 Å². The molecule has 0 aromatic heterocycles. The summed E-state index contributed by atoms with van der Waals surface area (Å²) in [5, 5.41) is 8.59. The summed E-state index contributed by atoms with van der Waals surface area (Å²) in [6, 6.07) is 3.16. The van der Waals surface area contributed by atoms with Crippen LogP contribution in [-0.4, -0.2) is 24.0 Å². The van der Waals surface area contributed by atoms with Crippen molar-refractivity contribution in [2.75, 3.05) is 13.1 Å². The van der Waals surface area contributed by atoms with Crippen LogP contribution in [0.5, 0.6) is 0 Å². The van der Waals surface area contributed by atoms with Gasteiger partial charge in [0.2, 0.25) is 0 Å². The van der Waals surface area contributed by atoms with Crippen molar-refractivity contribution in [1.29, 1.82) is 5.26 Å². The monoisotopic (exact) mass is 304 g/mol. The third kappa shape index (κ3) is 5.58. The average Bonchev–Trinajstić information content (AvgIpc) is 2.53. The Kier molecular flexibility index (Phi) is 7.22. The van der Waals surface area contributed by atoms with Gasteiger partial charge in [-0.3, -0.25) is 0 Å². The molecule has 0 N–H and O–H groups in total. The van der Waals surface area contributed by atoms with Crippen LogP contribution in [0.3, 0.4) is 0 Å². The van der Waals surface area contributed by atoms with Gasteiger partial charge in [0.25, 0.3) is 0 Å². The maximum atomic E-state index is 8.59. The molecule has 1 aliphatic carbocycles. The van der Waals surface area contributed by atoms with Crippen LogP contribution in [0.1, 0.15) is 90.9 Å². The molecule has 2 fully saturated rings. The number of unbranched alkanes of at least 4 members (excludes halogenated alkanes) is 3. The van der Waals surface area contributed by atoms with Crippen molar-refractivity contribution in [2.24, 2.45) is 11.3 Å². The summed E-state index contributed by atoms with van der Waals surface area (Å²) in [6.07, 6.45) is 15.8. The first-order chi connectivity index (χ1) is 10.6. The number of fused-ring (bicyclic) bond motifs is 1. The van der Waals surface area contributed by atoms with Crippen LogP contribution in [0.4, 0.5) is 0 Å². The highest BCUT2D eigenvalue weighted by atomic mass is 15.2. The molecule has 2 heteroatoms. The number of hydrogen-bond donors (Lipinski definition) is 0. The molecule has 2 atom stereocenters. The van der Waals surface area contributed by atoms with Crippen LogP contribution in [0.25, 0.3) is 0 Å². The predicted octanol–water partition coefficient (Wildman–Crippen LogP) is 5.53. The smallest absolute Gasteiger partial charge is 0.0621 e. The first kappa shape index (κ1) is 17.8. The maximum absolute atomic E-state index is 8.59. The molecule has 1 aliphatic heterocycles. The minimum atomic E-state index is 0.467. The summed E-state index contributed by atoms with van der Waals surface area (Å²) in [7, 11) is 0. The van der Waals surface area contributed by atoms with E-state index in [1.54, 1.807) is 0 Å². The van der Waals surface area contributed by atoms with Crippen molar-refractivity contribution in [1.82, 2.24) is 4.90 Å². The highest BCUT2D eigenvalue weighted by Gasteiger charge is 2.33. The van der Waals surface area contributed by atoms with Crippen LogP contribution >= 0.6 is 0 Å². The van der Waals surface area contributed by atoms with Gasteiger partial charge >= 0.3 is 0 Å². The lowest BCUT2D eigenvalue weighted by atomic mass is 9.77. The topological polar surface area (TPSA) is 27.0 Å². The molecule has 2 aliphatic rings. The second kappa shape index (κ2) is 8.92. The predicted molar refractivity (Wildman–Crippen MR) is 93.6 cm³/mol. The lowest BCUT2D eigenvalue weighted by Crippen LogP contribution is -2.47. The zero-order valence-corrected chi connectivity index (χ0v) is 14.9. The molecule has 0 radical (unpaired) electrons. The van der Waals surface area contributed by atoms with Crippen LogP contribution in [0.2, 0.25) is 0 Å². The number of hydrogen-bond acceptors (Lipinski definition) is 2. The number of rotatable bonds is 8. The fourth-order valence-electron chi connectivity index (χ4n) is 4.56. The third-order valence-electron chi connectivity index (χ3n) is 6.08. The molecule has 0 bridgehead atoms. The summed E-state index contributed by atoms with van der Waals surface area (Å²) in [5.41, 5.74) is 0.467. The Balaban J connectivity index is 1.69. The average molecular weight is 305 g/mol. The van der Waals surface area contributed by atoms with E-state index in [9.17, 15) is 0 Å². The van der Waals surface area contributed by atoms with Gasteiger partial charge in [-0.2, -0.15) is 5.26 Å². The summed E-state index contributed by atoms with van der Waals surface area (Å²) in [6.45, 7) is 7.55. The van der Waals surface area contributed by atoms with E-state index in [4.69, 9.17) is 5.26 Å². The highest BCUT2D eigenvalue weighted by molar-refractivity contribution is 4.88. The molecule has 2 unspecified atom stereocenters. The quantitative estimate of drug-likeness (QED) is 0.551. The Labute approximate surface area is 138 Å². The molecule has 1 heterocycles. The van der Waals surface area contributed by atoms with Gasteiger partial charge in [0, 0.05) is 12.5 Å². The fourth-order valence-corrected chi connectivity index (χ4v) is 4.56. The van der Waals surface area contributed by atoms with Crippen LogP contribution in [-0.2, 0) is 0 Å². The lowest BCUT2D eigenvalue weighted by molar-refractivity contribution is 0.0501. The molecule has 22 heavy (non-hydrogen) atoms. The van der Waals surface area contributed by atoms with E-state index in [-0.39, 0.29) is 0 Å². The molecule has 1 saturated carbocycles. The SMILES string of the molecule is CC(C)(CCCCCC#N)CCN1CCCC2CCCCC21. The van der Waals surface area contributed by atoms with Crippen molar-refractivity contribution in [3.05, 3.63) is 0 Å². The van der Waals surface area contributed by atoms with Gasteiger partial charge < -0.3 is 4.90 Å². The molecular weight excluding hydrogens is 268 g/mol. The van der Waals surface area contributed by atoms with Crippen LogP contribution in [0, 0.1) is 22.7 Å². The van der Waals surface area contributed by atoms with Gasteiger partial charge in [-0.1, -0.05) is 39.5 Å². The van der Waals surface area contributed by atoms with E-state index < -0.39 is 0 Å². The second-order valence-electron chi connectivity index (χ2n) is 8.42. The Morgan fingerprint density at radius 3 is 2.59 bits per heavy atom. The summed E-state index contributed by atoms with van der Waals surface area (Å²) in [5.74, 6) is 1.01. The molecule has 0 spiro atoms. The molecular formula is C20H36N2. The molecule has 0 aromatic rings. The van der Waals surface area contributed by atoms with Gasteiger partial charge in [0.15, 0.2) is 0 Å².